The van der Waals surface area contributed by atoms with Gasteiger partial charge in [-0.3, -0.25) is 4.79 Å². The maximum atomic E-state index is 12.8. The van der Waals surface area contributed by atoms with Gasteiger partial charge in [0, 0.05) is 32.3 Å². The number of carbonyl (C=O) groups excluding carboxylic acids is 1. The molecular formula is C24H40N2O2. The second kappa shape index (κ2) is 9.67. The molecule has 0 bridgehead atoms. The molecule has 0 radical (unpaired) electrons. The number of hydrogen-bond donors (Lipinski definition) is 2. The average Bonchev–Trinajstić information content (AvgIpc) is 2.71. The molecule has 0 aromatic heterocycles. The Morgan fingerprint density at radius 3 is 2.54 bits per heavy atom. The zero-order valence-electron chi connectivity index (χ0n) is 17.8. The molecule has 28 heavy (non-hydrogen) atoms. The number of likely N-dealkylation sites (tertiary alicyclic amines) is 1. The van der Waals surface area contributed by atoms with Crippen LogP contribution in [0.2, 0.25) is 0 Å². The van der Waals surface area contributed by atoms with Crippen molar-refractivity contribution in [2.75, 3.05) is 26.2 Å². The van der Waals surface area contributed by atoms with Crippen LogP contribution in [-0.4, -0.2) is 48.2 Å². The van der Waals surface area contributed by atoms with Gasteiger partial charge in [0.25, 0.3) is 0 Å². The van der Waals surface area contributed by atoms with E-state index in [2.05, 4.69) is 17.9 Å². The summed E-state index contributed by atoms with van der Waals surface area (Å²) in [6.45, 7) is 5.48. The van der Waals surface area contributed by atoms with E-state index in [-0.39, 0.29) is 24.2 Å². The van der Waals surface area contributed by atoms with Gasteiger partial charge in [-0.2, -0.15) is 0 Å². The van der Waals surface area contributed by atoms with Gasteiger partial charge in [-0.15, -0.1) is 0 Å². The Morgan fingerprint density at radius 1 is 1.21 bits per heavy atom. The molecule has 4 heteroatoms. The van der Waals surface area contributed by atoms with E-state index in [9.17, 15) is 9.90 Å². The molecule has 0 spiro atoms. The van der Waals surface area contributed by atoms with Gasteiger partial charge in [0.2, 0.25) is 0 Å². The smallest absolute Gasteiger partial charge is 0.148 e. The van der Waals surface area contributed by atoms with Crippen molar-refractivity contribution in [1.82, 2.24) is 4.90 Å². The maximum Gasteiger partial charge on any atom is 0.148 e. The lowest BCUT2D eigenvalue weighted by atomic mass is 9.61. The average molecular weight is 389 g/mol. The van der Waals surface area contributed by atoms with Gasteiger partial charge in [-0.25, -0.2) is 0 Å². The standard InChI is InChI=1S/C24H40N2O2/c1-2-23(12-7-4-3-5-8-13-23)19-26-15-11-21(20(16-26)17-27)24(18-25)14-9-6-10-22(24)28/h6,9,18,20-21,25,27H,2-5,7-8,10-17,19H2,1H3. The first kappa shape index (κ1) is 21.7. The number of Topliss-reactive ketones (excluding diaryl/α,β-unsaturated/α-hetero) is 1. The summed E-state index contributed by atoms with van der Waals surface area (Å²) in [5.41, 5.74) is -0.257. The highest BCUT2D eigenvalue weighted by Gasteiger charge is 2.48. The van der Waals surface area contributed by atoms with Crippen LogP contribution in [0, 0.1) is 28.1 Å². The first-order valence-corrected chi connectivity index (χ1v) is 11.6. The number of nitrogens with one attached hydrogen (secondary N) is 1. The fourth-order valence-electron chi connectivity index (χ4n) is 6.24. The normalized spacial score (nSPS) is 34.6. The quantitative estimate of drug-likeness (QED) is 0.516. The third-order valence-electron chi connectivity index (χ3n) is 8.14. The number of piperidine rings is 1. The summed E-state index contributed by atoms with van der Waals surface area (Å²) in [7, 11) is 0. The van der Waals surface area contributed by atoms with Crippen molar-refractivity contribution in [1.29, 1.82) is 5.41 Å². The van der Waals surface area contributed by atoms with Gasteiger partial charge < -0.3 is 15.4 Å². The summed E-state index contributed by atoms with van der Waals surface area (Å²) < 4.78 is 0. The third-order valence-corrected chi connectivity index (χ3v) is 8.14. The van der Waals surface area contributed by atoms with Gasteiger partial charge in [-0.05, 0) is 55.9 Å². The molecule has 3 rings (SSSR count). The van der Waals surface area contributed by atoms with Crippen molar-refractivity contribution in [2.24, 2.45) is 22.7 Å². The van der Waals surface area contributed by atoms with Crippen LogP contribution in [0.25, 0.3) is 0 Å². The molecule has 158 valence electrons. The number of carbonyl (C=O) groups is 1. The topological polar surface area (TPSA) is 64.4 Å². The Hall–Kier alpha value is -1.00. The summed E-state index contributed by atoms with van der Waals surface area (Å²) in [5.74, 6) is 0.360. The highest BCUT2D eigenvalue weighted by atomic mass is 16.3. The van der Waals surface area contributed by atoms with Crippen molar-refractivity contribution in [3.63, 3.8) is 0 Å². The van der Waals surface area contributed by atoms with E-state index in [4.69, 9.17) is 5.41 Å². The molecule has 4 nitrogen and oxygen atoms in total. The van der Waals surface area contributed by atoms with Crippen LogP contribution in [0.4, 0.5) is 0 Å². The van der Waals surface area contributed by atoms with Crippen molar-refractivity contribution in [3.05, 3.63) is 12.2 Å². The van der Waals surface area contributed by atoms with E-state index in [1.54, 1.807) is 0 Å². The van der Waals surface area contributed by atoms with Crippen molar-refractivity contribution < 1.29 is 9.90 Å². The Kier molecular flexibility index (Phi) is 7.49. The molecule has 0 aromatic carbocycles. The molecule has 0 amide bonds. The minimum Gasteiger partial charge on any atom is -0.396 e. The Morgan fingerprint density at radius 2 is 1.93 bits per heavy atom. The molecule has 2 aliphatic carbocycles. The van der Waals surface area contributed by atoms with Gasteiger partial charge in [0.05, 0.1) is 5.41 Å². The highest BCUT2D eigenvalue weighted by molar-refractivity contribution is 6.01. The fourth-order valence-corrected chi connectivity index (χ4v) is 6.24. The van der Waals surface area contributed by atoms with Crippen molar-refractivity contribution in [2.45, 2.75) is 77.6 Å². The predicted molar refractivity (Wildman–Crippen MR) is 115 cm³/mol. The van der Waals surface area contributed by atoms with Crippen LogP contribution in [-0.2, 0) is 4.79 Å². The van der Waals surface area contributed by atoms with Gasteiger partial charge in [0.15, 0.2) is 0 Å². The molecule has 3 aliphatic rings. The number of aliphatic hydroxyl groups is 1. The zero-order chi connectivity index (χ0) is 20.0. The molecule has 0 aromatic rings. The Balaban J connectivity index is 1.70. The fraction of sp³-hybridized carbons (Fsp3) is 0.833. The van der Waals surface area contributed by atoms with E-state index in [1.807, 2.05) is 6.08 Å². The number of ketones is 1. The SMILES string of the molecule is CCC1(CN2CCC(C3(C=N)CC=CCC3=O)C(CO)C2)CCCCCCC1. The Bertz CT molecular complexity index is 565. The predicted octanol–water partition coefficient (Wildman–Crippen LogP) is 4.61. The third kappa shape index (κ3) is 4.43. The minimum atomic E-state index is -0.684. The second-order valence-electron chi connectivity index (χ2n) is 9.68. The second-order valence-corrected chi connectivity index (χ2v) is 9.68. The van der Waals surface area contributed by atoms with Crippen molar-refractivity contribution in [3.8, 4) is 0 Å². The molecule has 1 aliphatic heterocycles. The first-order chi connectivity index (χ1) is 13.6. The number of allylic oxidation sites excluding steroid dienone is 2. The van der Waals surface area contributed by atoms with Crippen molar-refractivity contribution >= 4 is 12.0 Å². The van der Waals surface area contributed by atoms with Crippen LogP contribution in [0.1, 0.15) is 77.6 Å². The first-order valence-electron chi connectivity index (χ1n) is 11.6. The lowest BCUT2D eigenvalue weighted by molar-refractivity contribution is -0.130. The van der Waals surface area contributed by atoms with E-state index >= 15 is 0 Å². The van der Waals surface area contributed by atoms with E-state index < -0.39 is 5.41 Å². The van der Waals surface area contributed by atoms with E-state index in [0.717, 1.165) is 26.1 Å². The summed E-state index contributed by atoms with van der Waals surface area (Å²) in [6, 6.07) is 0. The summed E-state index contributed by atoms with van der Waals surface area (Å²) in [4.78, 5) is 15.3. The molecule has 2 fully saturated rings. The summed E-state index contributed by atoms with van der Waals surface area (Å²) in [5, 5.41) is 18.2. The zero-order valence-corrected chi connectivity index (χ0v) is 17.8. The largest absolute Gasteiger partial charge is 0.396 e. The minimum absolute atomic E-state index is 0.0910. The molecule has 1 heterocycles. The van der Waals surface area contributed by atoms with Crippen LogP contribution >= 0.6 is 0 Å². The molecule has 1 saturated heterocycles. The van der Waals surface area contributed by atoms with Crippen LogP contribution in [0.5, 0.6) is 0 Å². The number of hydrogen-bond acceptors (Lipinski definition) is 4. The molecular weight excluding hydrogens is 348 g/mol. The monoisotopic (exact) mass is 388 g/mol. The van der Waals surface area contributed by atoms with E-state index in [0.29, 0.717) is 18.3 Å². The summed E-state index contributed by atoms with van der Waals surface area (Å²) >= 11 is 0. The number of rotatable bonds is 6. The maximum absolute atomic E-state index is 12.8. The van der Waals surface area contributed by atoms with Gasteiger partial charge in [-0.1, -0.05) is 51.2 Å². The summed E-state index contributed by atoms with van der Waals surface area (Å²) in [6.07, 6.45) is 18.2. The van der Waals surface area contributed by atoms with Crippen LogP contribution in [0.3, 0.4) is 0 Å². The molecule has 2 N–H and O–H groups in total. The molecule has 3 atom stereocenters. The molecule has 1 saturated carbocycles. The number of aliphatic hydroxyl groups excluding tert-OH is 1. The molecule has 3 unspecified atom stereocenters. The van der Waals surface area contributed by atoms with Crippen LogP contribution < -0.4 is 0 Å². The lowest BCUT2D eigenvalue weighted by Crippen LogP contribution is -2.54. The number of nitrogens with zero attached hydrogens (tertiary/aromatic N) is 1. The van der Waals surface area contributed by atoms with E-state index in [1.165, 1.54) is 57.6 Å². The van der Waals surface area contributed by atoms with Crippen LogP contribution in [0.15, 0.2) is 12.2 Å². The van der Waals surface area contributed by atoms with Gasteiger partial charge >= 0.3 is 0 Å². The van der Waals surface area contributed by atoms with Gasteiger partial charge in [0.1, 0.15) is 5.78 Å². The Labute approximate surface area is 171 Å². The highest BCUT2D eigenvalue weighted by Crippen LogP contribution is 2.45. The lowest BCUT2D eigenvalue weighted by Gasteiger charge is -2.48.